The Morgan fingerprint density at radius 1 is 1.25 bits per heavy atom. The topological polar surface area (TPSA) is 33.1 Å². The molecule has 92 valence electrons. The van der Waals surface area contributed by atoms with Gasteiger partial charge < -0.3 is 5.11 Å². The molecule has 0 aliphatic carbocycles. The second-order valence-electron chi connectivity index (χ2n) is 4.87. The van der Waals surface area contributed by atoms with Crippen molar-refractivity contribution in [2.24, 2.45) is 5.41 Å². The van der Waals surface area contributed by atoms with Gasteiger partial charge in [-0.3, -0.25) is 4.98 Å². The van der Waals surface area contributed by atoms with Gasteiger partial charge in [-0.05, 0) is 30.4 Å². The fraction of sp³-hybridized carbons (Fsp3) is 0.643. The molecule has 0 saturated carbocycles. The van der Waals surface area contributed by atoms with E-state index in [9.17, 15) is 5.11 Å². The van der Waals surface area contributed by atoms with E-state index in [-0.39, 0.29) is 5.41 Å². The minimum absolute atomic E-state index is 0.274. The molecular formula is C14H25NO. The molecule has 0 aliphatic rings. The summed E-state index contributed by atoms with van der Waals surface area (Å²) in [5.74, 6) is 0. The third-order valence-corrected chi connectivity index (χ3v) is 2.20. The van der Waals surface area contributed by atoms with Gasteiger partial charge in [0.15, 0.2) is 0 Å². The highest BCUT2D eigenvalue weighted by Crippen LogP contribution is 2.26. The van der Waals surface area contributed by atoms with Crippen molar-refractivity contribution in [1.82, 2.24) is 4.98 Å². The lowest BCUT2D eigenvalue weighted by Crippen LogP contribution is -2.08. The van der Waals surface area contributed by atoms with Gasteiger partial charge in [0.2, 0.25) is 0 Å². The van der Waals surface area contributed by atoms with Gasteiger partial charge in [-0.1, -0.05) is 40.7 Å². The first-order valence-corrected chi connectivity index (χ1v) is 6.08. The molecule has 1 rings (SSSR count). The Bertz CT molecular complexity index is 264. The number of aliphatic hydroxyl groups is 1. The average Bonchev–Trinajstić information content (AvgIpc) is 2.29. The van der Waals surface area contributed by atoms with Crippen LogP contribution in [0.5, 0.6) is 0 Å². The first-order valence-electron chi connectivity index (χ1n) is 6.08. The van der Waals surface area contributed by atoms with Gasteiger partial charge in [0.05, 0.1) is 11.8 Å². The van der Waals surface area contributed by atoms with Crippen LogP contribution in [0.15, 0.2) is 24.4 Å². The molecule has 1 aromatic heterocycles. The van der Waals surface area contributed by atoms with E-state index in [2.05, 4.69) is 25.8 Å². The lowest BCUT2D eigenvalue weighted by atomic mass is 9.89. The molecular weight excluding hydrogens is 198 g/mol. The number of hydrogen-bond acceptors (Lipinski definition) is 2. The Morgan fingerprint density at radius 3 is 2.31 bits per heavy atom. The normalized spacial score (nSPS) is 12.6. The minimum atomic E-state index is -0.421. The molecule has 1 aromatic rings. The molecule has 1 atom stereocenters. The Morgan fingerprint density at radius 2 is 1.88 bits per heavy atom. The zero-order chi connectivity index (χ0) is 12.6. The second-order valence-corrected chi connectivity index (χ2v) is 4.87. The Labute approximate surface area is 99.7 Å². The summed E-state index contributed by atoms with van der Waals surface area (Å²) in [5, 5.41) is 9.82. The van der Waals surface area contributed by atoms with Crippen molar-refractivity contribution in [3.8, 4) is 0 Å². The smallest absolute Gasteiger partial charge is 0.0959 e. The van der Waals surface area contributed by atoms with Crippen LogP contribution in [0.4, 0.5) is 0 Å². The number of nitrogens with zero attached hydrogens (tertiary/aromatic N) is 1. The highest BCUT2D eigenvalue weighted by molar-refractivity contribution is 5.06. The number of aromatic nitrogens is 1. The molecule has 0 spiro atoms. The van der Waals surface area contributed by atoms with Crippen LogP contribution in [0.3, 0.4) is 0 Å². The molecule has 0 fully saturated rings. The number of rotatable bonds is 3. The lowest BCUT2D eigenvalue weighted by molar-refractivity contribution is 0.143. The van der Waals surface area contributed by atoms with Crippen molar-refractivity contribution >= 4 is 0 Å². The molecule has 1 unspecified atom stereocenters. The van der Waals surface area contributed by atoms with Crippen LogP contribution < -0.4 is 0 Å². The molecule has 0 bridgehead atoms. The molecule has 0 saturated heterocycles. The molecule has 2 nitrogen and oxygen atoms in total. The van der Waals surface area contributed by atoms with Crippen molar-refractivity contribution in [2.75, 3.05) is 0 Å². The van der Waals surface area contributed by atoms with E-state index in [4.69, 9.17) is 0 Å². The van der Waals surface area contributed by atoms with Gasteiger partial charge in [-0.25, -0.2) is 0 Å². The van der Waals surface area contributed by atoms with Crippen molar-refractivity contribution < 1.29 is 5.11 Å². The van der Waals surface area contributed by atoms with E-state index in [1.54, 1.807) is 6.20 Å². The van der Waals surface area contributed by atoms with Crippen molar-refractivity contribution in [3.63, 3.8) is 0 Å². The van der Waals surface area contributed by atoms with Crippen LogP contribution in [0.2, 0.25) is 0 Å². The molecule has 1 N–H and O–H groups in total. The van der Waals surface area contributed by atoms with Gasteiger partial charge in [-0.15, -0.1) is 0 Å². The van der Waals surface area contributed by atoms with Gasteiger partial charge in [0, 0.05) is 6.20 Å². The summed E-state index contributed by atoms with van der Waals surface area (Å²) >= 11 is 0. The van der Waals surface area contributed by atoms with Crippen molar-refractivity contribution in [2.45, 2.75) is 53.6 Å². The summed E-state index contributed by atoms with van der Waals surface area (Å²) in [6, 6.07) is 5.63. The van der Waals surface area contributed by atoms with Gasteiger partial charge in [0.1, 0.15) is 0 Å². The first kappa shape index (κ1) is 15.1. The standard InChI is InChI=1S/C12H19NO.C2H6/c1-12(2,3)8-7-11(14)10-6-4-5-9-13-10;1-2/h4-6,9,11,14H,7-8H2,1-3H3;1-2H3. The van der Waals surface area contributed by atoms with Crippen molar-refractivity contribution in [3.05, 3.63) is 30.1 Å². The van der Waals surface area contributed by atoms with Gasteiger partial charge in [0.25, 0.3) is 0 Å². The summed E-state index contributed by atoms with van der Waals surface area (Å²) in [6.07, 6.45) is 3.08. The number of pyridine rings is 1. The number of aliphatic hydroxyl groups excluding tert-OH is 1. The molecule has 0 amide bonds. The van der Waals surface area contributed by atoms with E-state index in [0.717, 1.165) is 18.5 Å². The van der Waals surface area contributed by atoms with Crippen LogP contribution in [0.1, 0.15) is 59.3 Å². The summed E-state index contributed by atoms with van der Waals surface area (Å²) < 4.78 is 0. The van der Waals surface area contributed by atoms with E-state index < -0.39 is 6.10 Å². The highest BCUT2D eigenvalue weighted by Gasteiger charge is 2.15. The quantitative estimate of drug-likeness (QED) is 0.841. The Hall–Kier alpha value is -0.890. The number of hydrogen-bond donors (Lipinski definition) is 1. The molecule has 0 radical (unpaired) electrons. The zero-order valence-electron chi connectivity index (χ0n) is 11.2. The summed E-state index contributed by atoms with van der Waals surface area (Å²) in [6.45, 7) is 10.5. The zero-order valence-corrected chi connectivity index (χ0v) is 11.2. The maximum atomic E-state index is 9.82. The molecule has 0 aromatic carbocycles. The molecule has 0 aliphatic heterocycles. The van der Waals surface area contributed by atoms with E-state index >= 15 is 0 Å². The fourth-order valence-electron chi connectivity index (χ4n) is 1.29. The minimum Gasteiger partial charge on any atom is -0.387 e. The van der Waals surface area contributed by atoms with Crippen LogP contribution in [-0.4, -0.2) is 10.1 Å². The average molecular weight is 223 g/mol. The third-order valence-electron chi connectivity index (χ3n) is 2.20. The fourth-order valence-corrected chi connectivity index (χ4v) is 1.29. The van der Waals surface area contributed by atoms with Crippen LogP contribution in [-0.2, 0) is 0 Å². The van der Waals surface area contributed by atoms with E-state index in [1.807, 2.05) is 32.0 Å². The van der Waals surface area contributed by atoms with E-state index in [1.165, 1.54) is 0 Å². The molecule has 2 heteroatoms. The SMILES string of the molecule is CC.CC(C)(C)CCC(O)c1ccccn1. The maximum Gasteiger partial charge on any atom is 0.0959 e. The first-order chi connectivity index (χ1) is 7.49. The van der Waals surface area contributed by atoms with E-state index in [0.29, 0.717) is 0 Å². The molecule has 1 heterocycles. The van der Waals surface area contributed by atoms with Gasteiger partial charge in [-0.2, -0.15) is 0 Å². The Kier molecular flexibility index (Phi) is 6.98. The third kappa shape index (κ3) is 6.57. The monoisotopic (exact) mass is 223 g/mol. The summed E-state index contributed by atoms with van der Waals surface area (Å²) in [4.78, 5) is 4.13. The van der Waals surface area contributed by atoms with Crippen LogP contribution in [0.25, 0.3) is 0 Å². The predicted octanol–water partition coefficient (Wildman–Crippen LogP) is 3.97. The summed E-state index contributed by atoms with van der Waals surface area (Å²) in [5.41, 5.74) is 1.05. The summed E-state index contributed by atoms with van der Waals surface area (Å²) in [7, 11) is 0. The van der Waals surface area contributed by atoms with Gasteiger partial charge >= 0.3 is 0 Å². The molecule has 16 heavy (non-hydrogen) atoms. The van der Waals surface area contributed by atoms with Crippen LogP contribution >= 0.6 is 0 Å². The Balaban J connectivity index is 0.00000106. The van der Waals surface area contributed by atoms with Crippen LogP contribution in [0, 0.1) is 5.41 Å². The predicted molar refractivity (Wildman–Crippen MR) is 69.2 cm³/mol. The highest BCUT2D eigenvalue weighted by atomic mass is 16.3. The maximum absolute atomic E-state index is 9.82. The second kappa shape index (κ2) is 7.39. The van der Waals surface area contributed by atoms with Crippen molar-refractivity contribution in [1.29, 1.82) is 0 Å². The largest absolute Gasteiger partial charge is 0.387 e. The lowest BCUT2D eigenvalue weighted by Gasteiger charge is -2.19.